The normalized spacial score (nSPS) is 15.0. The third-order valence-corrected chi connectivity index (χ3v) is 3.30. The Morgan fingerprint density at radius 3 is 2.42 bits per heavy atom. The van der Waals surface area contributed by atoms with Crippen LogP contribution < -0.4 is 4.74 Å². The molecule has 0 spiro atoms. The molecule has 1 aliphatic heterocycles. The van der Waals surface area contributed by atoms with E-state index in [4.69, 9.17) is 4.74 Å². The van der Waals surface area contributed by atoms with Crippen LogP contribution in [0.3, 0.4) is 0 Å². The van der Waals surface area contributed by atoms with Gasteiger partial charge in [-0.05, 0) is 51.2 Å². The van der Waals surface area contributed by atoms with Gasteiger partial charge in [-0.15, -0.1) is 0 Å². The Hall–Kier alpha value is -1.55. The van der Waals surface area contributed by atoms with Crippen LogP contribution in [-0.2, 0) is 0 Å². The summed E-state index contributed by atoms with van der Waals surface area (Å²) < 4.78 is 5.61. The summed E-state index contributed by atoms with van der Waals surface area (Å²) in [6.07, 6.45) is 2.24. The molecule has 2 rings (SSSR count). The fourth-order valence-electron chi connectivity index (χ4n) is 2.14. The number of nitrogens with zero attached hydrogens (tertiary/aromatic N) is 2. The van der Waals surface area contributed by atoms with Crippen molar-refractivity contribution in [1.82, 2.24) is 9.80 Å². The first-order valence-corrected chi connectivity index (χ1v) is 6.84. The van der Waals surface area contributed by atoms with Crippen molar-refractivity contribution in [2.75, 3.05) is 40.3 Å². The number of likely N-dealkylation sites (tertiary alicyclic amines) is 1. The second kappa shape index (κ2) is 6.57. The minimum atomic E-state index is 0.136. The van der Waals surface area contributed by atoms with Gasteiger partial charge in [0.2, 0.25) is 0 Å². The van der Waals surface area contributed by atoms with Crippen LogP contribution in [0.5, 0.6) is 5.75 Å². The Kier molecular flexibility index (Phi) is 4.80. The van der Waals surface area contributed by atoms with E-state index in [1.807, 2.05) is 43.3 Å². The molecule has 0 N–H and O–H groups in total. The lowest BCUT2D eigenvalue weighted by Gasteiger charge is -2.15. The number of carbonyl (C=O) groups is 1. The van der Waals surface area contributed by atoms with Crippen LogP contribution in [0.2, 0.25) is 0 Å². The molecule has 104 valence electrons. The molecule has 1 fully saturated rings. The van der Waals surface area contributed by atoms with E-state index in [1.54, 1.807) is 0 Å². The van der Waals surface area contributed by atoms with Gasteiger partial charge < -0.3 is 14.5 Å². The van der Waals surface area contributed by atoms with Crippen molar-refractivity contribution in [3.05, 3.63) is 29.8 Å². The highest BCUT2D eigenvalue weighted by Crippen LogP contribution is 2.16. The highest BCUT2D eigenvalue weighted by atomic mass is 16.5. The predicted molar refractivity (Wildman–Crippen MR) is 75.6 cm³/mol. The second-order valence-corrected chi connectivity index (χ2v) is 5.18. The first kappa shape index (κ1) is 13.9. The molecule has 0 aromatic heterocycles. The fraction of sp³-hybridized carbons (Fsp3) is 0.533. The first-order valence-electron chi connectivity index (χ1n) is 6.84. The lowest BCUT2D eigenvalue weighted by atomic mass is 10.2. The number of benzene rings is 1. The van der Waals surface area contributed by atoms with Gasteiger partial charge in [-0.1, -0.05) is 0 Å². The van der Waals surface area contributed by atoms with E-state index in [2.05, 4.69) is 4.90 Å². The third kappa shape index (κ3) is 3.96. The second-order valence-electron chi connectivity index (χ2n) is 5.18. The SMILES string of the molecule is CN(C)CCOc1ccc(C(=O)N2CCCC2)cc1. The molecule has 0 unspecified atom stereocenters. The summed E-state index contributed by atoms with van der Waals surface area (Å²) >= 11 is 0. The molecule has 4 nitrogen and oxygen atoms in total. The van der Waals surface area contributed by atoms with Gasteiger partial charge in [0.05, 0.1) is 0 Å². The van der Waals surface area contributed by atoms with Crippen LogP contribution >= 0.6 is 0 Å². The Morgan fingerprint density at radius 1 is 1.21 bits per heavy atom. The Balaban J connectivity index is 1.88. The molecular weight excluding hydrogens is 240 g/mol. The van der Waals surface area contributed by atoms with E-state index in [-0.39, 0.29) is 5.91 Å². The topological polar surface area (TPSA) is 32.8 Å². The molecule has 1 aromatic carbocycles. The monoisotopic (exact) mass is 262 g/mol. The average molecular weight is 262 g/mol. The summed E-state index contributed by atoms with van der Waals surface area (Å²) in [5.74, 6) is 0.956. The van der Waals surface area contributed by atoms with Crippen LogP contribution in [0.1, 0.15) is 23.2 Å². The van der Waals surface area contributed by atoms with Crippen molar-refractivity contribution >= 4 is 5.91 Å². The van der Waals surface area contributed by atoms with Gasteiger partial charge in [-0.3, -0.25) is 4.79 Å². The fourth-order valence-corrected chi connectivity index (χ4v) is 2.14. The minimum absolute atomic E-state index is 0.136. The zero-order valence-corrected chi connectivity index (χ0v) is 11.8. The predicted octanol–water partition coefficient (Wildman–Crippen LogP) is 1.86. The summed E-state index contributed by atoms with van der Waals surface area (Å²) in [5.41, 5.74) is 0.752. The van der Waals surface area contributed by atoms with E-state index < -0.39 is 0 Å². The standard InChI is InChI=1S/C15H22N2O2/c1-16(2)11-12-19-14-7-5-13(6-8-14)15(18)17-9-3-4-10-17/h5-8H,3-4,9-12H2,1-2H3. The average Bonchev–Trinajstić information content (AvgIpc) is 2.92. The van der Waals surface area contributed by atoms with Gasteiger partial charge in [-0.2, -0.15) is 0 Å². The van der Waals surface area contributed by atoms with Gasteiger partial charge in [-0.25, -0.2) is 0 Å². The number of likely N-dealkylation sites (N-methyl/N-ethyl adjacent to an activating group) is 1. The van der Waals surface area contributed by atoms with Gasteiger partial charge >= 0.3 is 0 Å². The van der Waals surface area contributed by atoms with Crippen molar-refractivity contribution < 1.29 is 9.53 Å². The highest BCUT2D eigenvalue weighted by Gasteiger charge is 2.19. The molecule has 1 aliphatic rings. The van der Waals surface area contributed by atoms with E-state index in [1.165, 1.54) is 0 Å². The van der Waals surface area contributed by atoms with Crippen LogP contribution in [0.15, 0.2) is 24.3 Å². The molecule has 1 aromatic rings. The van der Waals surface area contributed by atoms with Crippen LogP contribution in [0, 0.1) is 0 Å². The maximum atomic E-state index is 12.1. The molecule has 1 saturated heterocycles. The van der Waals surface area contributed by atoms with Crippen molar-refractivity contribution in [1.29, 1.82) is 0 Å². The number of ether oxygens (including phenoxy) is 1. The Morgan fingerprint density at radius 2 is 1.84 bits per heavy atom. The molecular formula is C15H22N2O2. The summed E-state index contributed by atoms with van der Waals surface area (Å²) in [5, 5.41) is 0. The molecule has 4 heteroatoms. The van der Waals surface area contributed by atoms with Gasteiger partial charge in [0, 0.05) is 25.2 Å². The summed E-state index contributed by atoms with van der Waals surface area (Å²) in [4.78, 5) is 16.1. The number of hydrogen-bond donors (Lipinski definition) is 0. The molecule has 0 atom stereocenters. The highest BCUT2D eigenvalue weighted by molar-refractivity contribution is 5.94. The van der Waals surface area contributed by atoms with Crippen molar-refractivity contribution in [3.8, 4) is 5.75 Å². The van der Waals surface area contributed by atoms with E-state index in [9.17, 15) is 4.79 Å². The Bertz CT molecular complexity index is 409. The van der Waals surface area contributed by atoms with Crippen LogP contribution in [-0.4, -0.2) is 56.0 Å². The number of carbonyl (C=O) groups excluding carboxylic acids is 1. The zero-order chi connectivity index (χ0) is 13.7. The Labute approximate surface area is 115 Å². The molecule has 19 heavy (non-hydrogen) atoms. The molecule has 1 heterocycles. The van der Waals surface area contributed by atoms with Crippen LogP contribution in [0.25, 0.3) is 0 Å². The zero-order valence-electron chi connectivity index (χ0n) is 11.8. The molecule has 0 saturated carbocycles. The molecule has 1 amide bonds. The maximum Gasteiger partial charge on any atom is 0.253 e. The number of amides is 1. The summed E-state index contributed by atoms with van der Waals surface area (Å²) in [6.45, 7) is 3.32. The maximum absolute atomic E-state index is 12.1. The first-order chi connectivity index (χ1) is 9.16. The van der Waals surface area contributed by atoms with Crippen molar-refractivity contribution in [3.63, 3.8) is 0 Å². The lowest BCUT2D eigenvalue weighted by molar-refractivity contribution is 0.0793. The quantitative estimate of drug-likeness (QED) is 0.812. The number of rotatable bonds is 5. The van der Waals surface area contributed by atoms with E-state index in [0.29, 0.717) is 6.61 Å². The number of hydrogen-bond acceptors (Lipinski definition) is 3. The van der Waals surface area contributed by atoms with Gasteiger partial charge in [0.15, 0.2) is 0 Å². The minimum Gasteiger partial charge on any atom is -0.492 e. The molecule has 0 radical (unpaired) electrons. The van der Waals surface area contributed by atoms with E-state index in [0.717, 1.165) is 43.8 Å². The van der Waals surface area contributed by atoms with Crippen molar-refractivity contribution in [2.45, 2.75) is 12.8 Å². The van der Waals surface area contributed by atoms with E-state index >= 15 is 0 Å². The molecule has 0 aliphatic carbocycles. The molecule has 0 bridgehead atoms. The van der Waals surface area contributed by atoms with Crippen molar-refractivity contribution in [2.24, 2.45) is 0 Å². The summed E-state index contributed by atoms with van der Waals surface area (Å²) in [6, 6.07) is 7.45. The van der Waals surface area contributed by atoms with Crippen LogP contribution in [0.4, 0.5) is 0 Å². The lowest BCUT2D eigenvalue weighted by Crippen LogP contribution is -2.27. The van der Waals surface area contributed by atoms with Gasteiger partial charge in [0.1, 0.15) is 12.4 Å². The summed E-state index contributed by atoms with van der Waals surface area (Å²) in [7, 11) is 4.03. The smallest absolute Gasteiger partial charge is 0.253 e. The van der Waals surface area contributed by atoms with Gasteiger partial charge in [0.25, 0.3) is 5.91 Å². The third-order valence-electron chi connectivity index (χ3n) is 3.30. The largest absolute Gasteiger partial charge is 0.492 e.